The first kappa shape index (κ1) is 21.1. The van der Waals surface area contributed by atoms with E-state index < -0.39 is 11.5 Å². The molecule has 3 N–H and O–H groups in total. The van der Waals surface area contributed by atoms with Crippen LogP contribution in [0.1, 0.15) is 43.2 Å². The van der Waals surface area contributed by atoms with Gasteiger partial charge in [0.15, 0.2) is 0 Å². The van der Waals surface area contributed by atoms with E-state index in [-0.39, 0.29) is 18.4 Å². The highest BCUT2D eigenvalue weighted by atomic mass is 16.3. The van der Waals surface area contributed by atoms with Crippen LogP contribution in [0.4, 0.5) is 0 Å². The quantitative estimate of drug-likeness (QED) is 0.603. The zero-order chi connectivity index (χ0) is 20.5. The molecule has 0 aliphatic heterocycles. The second-order valence-electron chi connectivity index (χ2n) is 7.85. The average molecular weight is 395 g/mol. The minimum atomic E-state index is -1.06. The van der Waals surface area contributed by atoms with Crippen molar-refractivity contribution in [2.45, 2.75) is 51.1 Å². The topological polar surface area (TPSA) is 78.4 Å². The van der Waals surface area contributed by atoms with Crippen molar-refractivity contribution in [2.24, 2.45) is 5.41 Å². The third-order valence-electron chi connectivity index (χ3n) is 5.75. The van der Waals surface area contributed by atoms with Crippen LogP contribution in [-0.4, -0.2) is 29.6 Å². The highest BCUT2D eigenvalue weighted by molar-refractivity contribution is 6.05. The van der Waals surface area contributed by atoms with Crippen LogP contribution < -0.4 is 10.6 Å². The molecule has 1 saturated carbocycles. The van der Waals surface area contributed by atoms with E-state index in [9.17, 15) is 14.7 Å². The first-order valence-electron chi connectivity index (χ1n) is 10.4. The second kappa shape index (κ2) is 10.2. The Labute approximate surface area is 172 Å². The molecule has 0 heterocycles. The van der Waals surface area contributed by atoms with Crippen LogP contribution in [0.2, 0.25) is 0 Å². The van der Waals surface area contributed by atoms with E-state index in [0.29, 0.717) is 25.8 Å². The summed E-state index contributed by atoms with van der Waals surface area (Å²) >= 11 is 0. The molecule has 5 heteroatoms. The number of amides is 2. The number of hydrogen-bond acceptors (Lipinski definition) is 3. The van der Waals surface area contributed by atoms with Gasteiger partial charge in [0.2, 0.25) is 11.8 Å². The van der Waals surface area contributed by atoms with Gasteiger partial charge in [0.1, 0.15) is 5.41 Å². The molecule has 2 aromatic rings. The van der Waals surface area contributed by atoms with Gasteiger partial charge in [-0.15, -0.1) is 0 Å². The summed E-state index contributed by atoms with van der Waals surface area (Å²) in [4.78, 5) is 26.4. The minimum absolute atomic E-state index is 0.164. The molecule has 1 aliphatic carbocycles. The van der Waals surface area contributed by atoms with Crippen LogP contribution in [0, 0.1) is 5.41 Å². The van der Waals surface area contributed by atoms with Crippen molar-refractivity contribution in [3.8, 4) is 0 Å². The molecule has 0 saturated heterocycles. The molecule has 3 rings (SSSR count). The van der Waals surface area contributed by atoms with Crippen molar-refractivity contribution in [1.29, 1.82) is 0 Å². The predicted octanol–water partition coefficient (Wildman–Crippen LogP) is 2.97. The third-order valence-corrected chi connectivity index (χ3v) is 5.75. The Morgan fingerprint density at radius 3 is 2.03 bits per heavy atom. The fourth-order valence-corrected chi connectivity index (χ4v) is 4.04. The molecule has 2 amide bonds. The van der Waals surface area contributed by atoms with Crippen LogP contribution in [0.3, 0.4) is 0 Å². The lowest BCUT2D eigenvalue weighted by Crippen LogP contribution is -2.55. The van der Waals surface area contributed by atoms with Gasteiger partial charge in [-0.1, -0.05) is 79.9 Å². The number of rotatable bonds is 8. The van der Waals surface area contributed by atoms with E-state index in [1.807, 2.05) is 60.7 Å². The molecule has 1 atom stereocenters. The first-order chi connectivity index (χ1) is 14.1. The summed E-state index contributed by atoms with van der Waals surface area (Å²) in [7, 11) is 0. The van der Waals surface area contributed by atoms with Crippen molar-refractivity contribution >= 4 is 11.8 Å². The lowest BCUT2D eigenvalue weighted by molar-refractivity contribution is -0.146. The normalized spacial score (nSPS) is 16.6. The second-order valence-corrected chi connectivity index (χ2v) is 7.85. The average Bonchev–Trinajstić information content (AvgIpc) is 2.78. The summed E-state index contributed by atoms with van der Waals surface area (Å²) in [5.41, 5.74) is 0.986. The number of hydrogen-bond donors (Lipinski definition) is 3. The van der Waals surface area contributed by atoms with Gasteiger partial charge in [-0.25, -0.2) is 0 Å². The van der Waals surface area contributed by atoms with Crippen LogP contribution in [-0.2, 0) is 22.6 Å². The summed E-state index contributed by atoms with van der Waals surface area (Å²) in [5.74, 6) is -0.479. The van der Waals surface area contributed by atoms with Crippen molar-refractivity contribution < 1.29 is 14.7 Å². The van der Waals surface area contributed by atoms with E-state index in [1.54, 1.807) is 0 Å². The Hall–Kier alpha value is -2.66. The van der Waals surface area contributed by atoms with Gasteiger partial charge in [0, 0.05) is 6.54 Å². The van der Waals surface area contributed by atoms with Gasteiger partial charge in [0.25, 0.3) is 0 Å². The fraction of sp³-hybridized carbons (Fsp3) is 0.417. The number of aliphatic hydroxyl groups excluding tert-OH is 1. The smallest absolute Gasteiger partial charge is 0.236 e. The lowest BCUT2D eigenvalue weighted by Gasteiger charge is -2.35. The van der Waals surface area contributed by atoms with Gasteiger partial charge >= 0.3 is 0 Å². The van der Waals surface area contributed by atoms with Gasteiger partial charge in [-0.3, -0.25) is 9.59 Å². The number of carbonyl (C=O) groups is 2. The summed E-state index contributed by atoms with van der Waals surface area (Å²) < 4.78 is 0. The molecule has 2 aromatic carbocycles. The SMILES string of the molecule is O=C(NCc1ccccc1)C1(C(=O)N[C@H](CO)Cc2ccccc2)CCCCC1. The van der Waals surface area contributed by atoms with Gasteiger partial charge in [0.05, 0.1) is 12.6 Å². The predicted molar refractivity (Wildman–Crippen MR) is 113 cm³/mol. The molecule has 154 valence electrons. The molecule has 1 aliphatic rings. The highest BCUT2D eigenvalue weighted by Crippen LogP contribution is 2.37. The Kier molecular flexibility index (Phi) is 7.42. The Balaban J connectivity index is 1.68. The fourth-order valence-electron chi connectivity index (χ4n) is 4.04. The van der Waals surface area contributed by atoms with Crippen LogP contribution >= 0.6 is 0 Å². The monoisotopic (exact) mass is 394 g/mol. The van der Waals surface area contributed by atoms with Crippen LogP contribution in [0.5, 0.6) is 0 Å². The molecule has 0 aromatic heterocycles. The molecular weight excluding hydrogens is 364 g/mol. The Morgan fingerprint density at radius 2 is 1.45 bits per heavy atom. The van der Waals surface area contributed by atoms with Gasteiger partial charge in [-0.2, -0.15) is 0 Å². The van der Waals surface area contributed by atoms with E-state index in [1.165, 1.54) is 0 Å². The molecule has 0 radical (unpaired) electrons. The maximum atomic E-state index is 13.2. The molecule has 0 bridgehead atoms. The molecule has 1 fully saturated rings. The number of carbonyl (C=O) groups excluding carboxylic acids is 2. The maximum Gasteiger partial charge on any atom is 0.236 e. The Bertz CT molecular complexity index is 786. The molecular formula is C24H30N2O3. The summed E-state index contributed by atoms with van der Waals surface area (Å²) in [6.45, 7) is 0.241. The lowest BCUT2D eigenvalue weighted by atomic mass is 9.72. The Morgan fingerprint density at radius 1 is 0.862 bits per heavy atom. The zero-order valence-corrected chi connectivity index (χ0v) is 16.8. The molecule has 5 nitrogen and oxygen atoms in total. The highest BCUT2D eigenvalue weighted by Gasteiger charge is 2.46. The molecule has 0 spiro atoms. The van der Waals surface area contributed by atoms with Crippen LogP contribution in [0.15, 0.2) is 60.7 Å². The molecule has 29 heavy (non-hydrogen) atoms. The summed E-state index contributed by atoms with van der Waals surface area (Å²) in [6, 6.07) is 19.0. The summed E-state index contributed by atoms with van der Waals surface area (Å²) in [5, 5.41) is 15.7. The van der Waals surface area contributed by atoms with Crippen molar-refractivity contribution in [3.05, 3.63) is 71.8 Å². The first-order valence-corrected chi connectivity index (χ1v) is 10.4. The summed E-state index contributed by atoms with van der Waals surface area (Å²) in [6.07, 6.45) is 4.37. The van der Waals surface area contributed by atoms with Crippen molar-refractivity contribution in [3.63, 3.8) is 0 Å². The van der Waals surface area contributed by atoms with E-state index >= 15 is 0 Å². The molecule has 0 unspecified atom stereocenters. The number of benzene rings is 2. The van der Waals surface area contributed by atoms with E-state index in [4.69, 9.17) is 0 Å². The van der Waals surface area contributed by atoms with Crippen molar-refractivity contribution in [2.75, 3.05) is 6.61 Å². The maximum absolute atomic E-state index is 13.2. The van der Waals surface area contributed by atoms with Gasteiger partial charge < -0.3 is 15.7 Å². The zero-order valence-electron chi connectivity index (χ0n) is 16.8. The van der Waals surface area contributed by atoms with Gasteiger partial charge in [-0.05, 0) is 30.4 Å². The van der Waals surface area contributed by atoms with E-state index in [0.717, 1.165) is 30.4 Å². The number of aliphatic hydroxyl groups is 1. The largest absolute Gasteiger partial charge is 0.394 e. The standard InChI is InChI=1S/C24H30N2O3/c27-18-21(16-19-10-4-1-5-11-19)26-23(29)24(14-8-3-9-15-24)22(28)25-17-20-12-6-2-7-13-20/h1-2,4-7,10-13,21,27H,3,8-9,14-18H2,(H,25,28)(H,26,29)/t21-/m0/s1. The minimum Gasteiger partial charge on any atom is -0.394 e. The van der Waals surface area contributed by atoms with Crippen molar-refractivity contribution in [1.82, 2.24) is 10.6 Å². The number of nitrogens with one attached hydrogen (secondary N) is 2. The van der Waals surface area contributed by atoms with Crippen LogP contribution in [0.25, 0.3) is 0 Å². The third kappa shape index (κ3) is 5.45. The van der Waals surface area contributed by atoms with E-state index in [2.05, 4.69) is 10.6 Å².